The van der Waals surface area contributed by atoms with Gasteiger partial charge in [-0.1, -0.05) is 12.1 Å². The Morgan fingerprint density at radius 3 is 2.43 bits per heavy atom. The van der Waals surface area contributed by atoms with E-state index >= 15 is 0 Å². The first kappa shape index (κ1) is 20.0. The quantitative estimate of drug-likeness (QED) is 0.783. The van der Waals surface area contributed by atoms with Gasteiger partial charge in [-0.05, 0) is 45.7 Å². The lowest BCUT2D eigenvalue weighted by Gasteiger charge is -2.38. The van der Waals surface area contributed by atoms with Crippen molar-refractivity contribution >= 4 is 17.7 Å². The molecule has 2 heterocycles. The van der Waals surface area contributed by atoms with Crippen LogP contribution in [0.25, 0.3) is 0 Å². The van der Waals surface area contributed by atoms with Gasteiger partial charge >= 0.3 is 6.09 Å². The molecule has 0 radical (unpaired) electrons. The number of para-hydroxylation sites is 1. The molecule has 2 saturated heterocycles. The Morgan fingerprint density at radius 1 is 1.11 bits per heavy atom. The number of nitriles is 1. The topological polar surface area (TPSA) is 76.9 Å². The van der Waals surface area contributed by atoms with E-state index in [-0.39, 0.29) is 5.91 Å². The van der Waals surface area contributed by atoms with E-state index in [2.05, 4.69) is 11.0 Å². The minimum Gasteiger partial charge on any atom is -0.444 e. The SMILES string of the molecule is CC(C)(C)OC(=O)N1CCCC1C(=O)N1CCN(c2ccccc2C#N)CC1. The number of carbonyl (C=O) groups is 2. The summed E-state index contributed by atoms with van der Waals surface area (Å²) in [5.41, 5.74) is 0.982. The van der Waals surface area contributed by atoms with Crippen molar-refractivity contribution in [1.29, 1.82) is 5.26 Å². The first-order chi connectivity index (χ1) is 13.3. The summed E-state index contributed by atoms with van der Waals surface area (Å²) in [6.45, 7) is 8.55. The van der Waals surface area contributed by atoms with Crippen LogP contribution in [0, 0.1) is 11.3 Å². The number of hydrogen-bond donors (Lipinski definition) is 0. The van der Waals surface area contributed by atoms with Crippen molar-refractivity contribution in [2.45, 2.75) is 45.3 Å². The average Bonchev–Trinajstić information content (AvgIpc) is 3.16. The Balaban J connectivity index is 1.62. The number of ether oxygens (including phenoxy) is 1. The lowest BCUT2D eigenvalue weighted by Crippen LogP contribution is -2.55. The van der Waals surface area contributed by atoms with Gasteiger partial charge in [0.05, 0.1) is 11.3 Å². The van der Waals surface area contributed by atoms with Gasteiger partial charge in [-0.2, -0.15) is 5.26 Å². The summed E-state index contributed by atoms with van der Waals surface area (Å²) < 4.78 is 5.47. The smallest absolute Gasteiger partial charge is 0.410 e. The van der Waals surface area contributed by atoms with Crippen LogP contribution in [0.4, 0.5) is 10.5 Å². The number of nitrogens with zero attached hydrogens (tertiary/aromatic N) is 4. The van der Waals surface area contributed by atoms with Crippen molar-refractivity contribution in [3.05, 3.63) is 29.8 Å². The standard InChI is InChI=1S/C21H28N4O3/c1-21(2,3)28-20(27)25-10-6-9-18(25)19(26)24-13-11-23(12-14-24)17-8-5-4-7-16(17)15-22/h4-5,7-8,18H,6,9-14H2,1-3H3. The van der Waals surface area contributed by atoms with Crippen LogP contribution >= 0.6 is 0 Å². The van der Waals surface area contributed by atoms with Crippen molar-refractivity contribution < 1.29 is 14.3 Å². The third-order valence-electron chi connectivity index (χ3n) is 5.12. The molecule has 7 heteroatoms. The maximum Gasteiger partial charge on any atom is 0.410 e. The largest absolute Gasteiger partial charge is 0.444 e. The van der Waals surface area contributed by atoms with E-state index in [0.29, 0.717) is 44.7 Å². The first-order valence-electron chi connectivity index (χ1n) is 9.82. The summed E-state index contributed by atoms with van der Waals surface area (Å²) in [5, 5.41) is 9.30. The lowest BCUT2D eigenvalue weighted by atomic mass is 10.1. The summed E-state index contributed by atoms with van der Waals surface area (Å²) in [7, 11) is 0. The fraction of sp³-hybridized carbons (Fsp3) is 0.571. The monoisotopic (exact) mass is 384 g/mol. The molecule has 1 aromatic rings. The second kappa shape index (κ2) is 8.09. The van der Waals surface area contributed by atoms with Gasteiger partial charge in [0.1, 0.15) is 17.7 Å². The second-order valence-electron chi connectivity index (χ2n) is 8.27. The molecule has 2 fully saturated rings. The zero-order valence-corrected chi connectivity index (χ0v) is 16.9. The molecule has 2 aliphatic rings. The van der Waals surface area contributed by atoms with Crippen LogP contribution in [0.3, 0.4) is 0 Å². The maximum absolute atomic E-state index is 13.1. The molecule has 2 aliphatic heterocycles. The van der Waals surface area contributed by atoms with Gasteiger partial charge in [0.25, 0.3) is 0 Å². The summed E-state index contributed by atoms with van der Waals surface area (Å²) >= 11 is 0. The van der Waals surface area contributed by atoms with Crippen LogP contribution in [-0.2, 0) is 9.53 Å². The zero-order valence-electron chi connectivity index (χ0n) is 16.9. The molecule has 0 N–H and O–H groups in total. The fourth-order valence-corrected chi connectivity index (χ4v) is 3.78. The lowest BCUT2D eigenvalue weighted by molar-refractivity contribution is -0.136. The fourth-order valence-electron chi connectivity index (χ4n) is 3.78. The maximum atomic E-state index is 13.1. The van der Waals surface area contributed by atoms with E-state index in [1.165, 1.54) is 0 Å². The van der Waals surface area contributed by atoms with E-state index < -0.39 is 17.7 Å². The molecule has 0 bridgehead atoms. The third-order valence-corrected chi connectivity index (χ3v) is 5.12. The predicted octanol–water partition coefficient (Wildman–Crippen LogP) is 2.61. The number of amides is 2. The number of likely N-dealkylation sites (tertiary alicyclic amines) is 1. The highest BCUT2D eigenvalue weighted by atomic mass is 16.6. The summed E-state index contributed by atoms with van der Waals surface area (Å²) in [6.07, 6.45) is 1.07. The van der Waals surface area contributed by atoms with E-state index in [1.807, 2.05) is 49.9 Å². The summed E-state index contributed by atoms with van der Waals surface area (Å²) in [6, 6.07) is 9.32. The molecule has 150 valence electrons. The van der Waals surface area contributed by atoms with Crippen LogP contribution in [0.2, 0.25) is 0 Å². The molecule has 0 saturated carbocycles. The number of anilines is 1. The van der Waals surface area contributed by atoms with Crippen molar-refractivity contribution in [2.75, 3.05) is 37.6 Å². The van der Waals surface area contributed by atoms with E-state index in [9.17, 15) is 14.9 Å². The molecule has 1 atom stereocenters. The highest BCUT2D eigenvalue weighted by Crippen LogP contribution is 2.25. The van der Waals surface area contributed by atoms with E-state index in [0.717, 1.165) is 12.1 Å². The average molecular weight is 384 g/mol. The zero-order chi connectivity index (χ0) is 20.3. The highest BCUT2D eigenvalue weighted by Gasteiger charge is 2.39. The van der Waals surface area contributed by atoms with Gasteiger partial charge in [-0.3, -0.25) is 9.69 Å². The summed E-state index contributed by atoms with van der Waals surface area (Å²) in [5.74, 6) is -0.00317. The molecule has 3 rings (SSSR count). The van der Waals surface area contributed by atoms with Crippen LogP contribution in [0.15, 0.2) is 24.3 Å². The molecular formula is C21H28N4O3. The third kappa shape index (κ3) is 4.38. The molecule has 1 aromatic carbocycles. The van der Waals surface area contributed by atoms with Gasteiger partial charge in [0.2, 0.25) is 5.91 Å². The Labute approximate surface area is 166 Å². The molecule has 0 spiro atoms. The van der Waals surface area contributed by atoms with Crippen molar-refractivity contribution in [3.63, 3.8) is 0 Å². The van der Waals surface area contributed by atoms with Crippen molar-refractivity contribution in [3.8, 4) is 6.07 Å². The normalized spacial score (nSPS) is 20.1. The number of hydrogen-bond acceptors (Lipinski definition) is 5. The molecule has 0 aromatic heterocycles. The number of benzene rings is 1. The summed E-state index contributed by atoms with van der Waals surface area (Å²) in [4.78, 5) is 31.1. The van der Waals surface area contributed by atoms with E-state index in [4.69, 9.17) is 4.74 Å². The Bertz CT molecular complexity index is 773. The van der Waals surface area contributed by atoms with Crippen molar-refractivity contribution in [2.24, 2.45) is 0 Å². The molecule has 0 aliphatic carbocycles. The van der Waals surface area contributed by atoms with Gasteiger partial charge in [-0.15, -0.1) is 0 Å². The van der Waals surface area contributed by atoms with Gasteiger partial charge < -0.3 is 14.5 Å². The van der Waals surface area contributed by atoms with Crippen LogP contribution in [-0.4, -0.2) is 66.2 Å². The van der Waals surface area contributed by atoms with Gasteiger partial charge in [0, 0.05) is 32.7 Å². The van der Waals surface area contributed by atoms with Crippen LogP contribution in [0.1, 0.15) is 39.2 Å². The van der Waals surface area contributed by atoms with Crippen LogP contribution < -0.4 is 4.90 Å². The Kier molecular flexibility index (Phi) is 5.78. The molecule has 7 nitrogen and oxygen atoms in total. The number of piperazine rings is 1. The van der Waals surface area contributed by atoms with E-state index in [1.54, 1.807) is 4.90 Å². The Hall–Kier alpha value is -2.75. The minimum absolute atomic E-state index is 0.00317. The molecule has 28 heavy (non-hydrogen) atoms. The van der Waals surface area contributed by atoms with Crippen LogP contribution in [0.5, 0.6) is 0 Å². The van der Waals surface area contributed by atoms with Gasteiger partial charge in [0.15, 0.2) is 0 Å². The molecule has 2 amide bonds. The first-order valence-corrected chi connectivity index (χ1v) is 9.82. The Morgan fingerprint density at radius 2 is 1.79 bits per heavy atom. The van der Waals surface area contributed by atoms with Gasteiger partial charge in [-0.25, -0.2) is 4.79 Å². The molecule has 1 unspecified atom stereocenters. The second-order valence-corrected chi connectivity index (χ2v) is 8.27. The predicted molar refractivity (Wildman–Crippen MR) is 106 cm³/mol. The number of rotatable bonds is 2. The minimum atomic E-state index is -0.576. The van der Waals surface area contributed by atoms with Crippen molar-refractivity contribution in [1.82, 2.24) is 9.80 Å². The highest BCUT2D eigenvalue weighted by molar-refractivity contribution is 5.86. The molecular weight excluding hydrogens is 356 g/mol. The number of carbonyl (C=O) groups excluding carboxylic acids is 2.